The topological polar surface area (TPSA) is 61.0 Å². The zero-order valence-corrected chi connectivity index (χ0v) is 32.8. The fourth-order valence-electron chi connectivity index (χ4n) is 9.73. The van der Waals surface area contributed by atoms with Crippen molar-refractivity contribution in [3.63, 3.8) is 0 Å². The maximum Gasteiger partial charge on any atom is 0.0865 e. The van der Waals surface area contributed by atoms with Gasteiger partial charge in [-0.1, -0.05) is 158 Å². The van der Waals surface area contributed by atoms with Crippen LogP contribution in [0.25, 0.3) is 65.8 Å². The monoisotopic (exact) mass is 771 g/mol. The van der Waals surface area contributed by atoms with Gasteiger partial charge in [-0.25, -0.2) is 0 Å². The molecule has 0 bridgehead atoms. The van der Waals surface area contributed by atoms with Crippen LogP contribution >= 0.6 is 0 Å². The van der Waals surface area contributed by atoms with E-state index in [-0.39, 0.29) is 24.5 Å². The summed E-state index contributed by atoms with van der Waals surface area (Å²) < 4.78 is 0. The van der Waals surface area contributed by atoms with Gasteiger partial charge in [0.05, 0.1) is 30.2 Å². The summed E-state index contributed by atoms with van der Waals surface area (Å²) in [5, 5.41) is 25.6. The minimum Gasteiger partial charge on any atom is -0.374 e. The Morgan fingerprint density at radius 3 is 1.85 bits per heavy atom. The molecule has 9 aromatic rings. The summed E-state index contributed by atoms with van der Waals surface area (Å²) in [6.45, 7) is 0. The van der Waals surface area contributed by atoms with Crippen molar-refractivity contribution < 1.29 is 0 Å². The van der Waals surface area contributed by atoms with Crippen LogP contribution < -0.4 is 31.7 Å². The number of aromatic nitrogens is 1. The van der Waals surface area contributed by atoms with Crippen LogP contribution in [0.1, 0.15) is 40.8 Å². The van der Waals surface area contributed by atoms with Gasteiger partial charge in [0, 0.05) is 17.6 Å². The predicted molar refractivity (Wildman–Crippen MR) is 246 cm³/mol. The highest BCUT2D eigenvalue weighted by atomic mass is 15.4. The van der Waals surface area contributed by atoms with E-state index in [9.17, 15) is 0 Å². The molecular weight excluding hydrogens is 731 g/mol. The molecular formula is C55H41N5. The van der Waals surface area contributed by atoms with E-state index in [0.29, 0.717) is 0 Å². The molecule has 0 spiro atoms. The Balaban J connectivity index is 1.03. The zero-order valence-electron chi connectivity index (χ0n) is 32.8. The molecule has 0 saturated carbocycles. The molecule has 2 aliphatic heterocycles. The molecule has 286 valence electrons. The highest BCUT2D eigenvalue weighted by molar-refractivity contribution is 6.26. The molecule has 5 heteroatoms. The van der Waals surface area contributed by atoms with Crippen molar-refractivity contribution in [1.29, 1.82) is 0 Å². The number of hydrogen-bond acceptors (Lipinski definition) is 5. The van der Waals surface area contributed by atoms with Gasteiger partial charge in [0.1, 0.15) is 0 Å². The number of nitrogens with one attached hydrogen (secondary N) is 4. The van der Waals surface area contributed by atoms with Crippen molar-refractivity contribution in [3.05, 3.63) is 233 Å². The van der Waals surface area contributed by atoms with Gasteiger partial charge in [0.2, 0.25) is 0 Å². The number of benzene rings is 8. The van der Waals surface area contributed by atoms with E-state index in [1.54, 1.807) is 0 Å². The summed E-state index contributed by atoms with van der Waals surface area (Å²) in [5.41, 5.74) is 11.8. The first-order valence-corrected chi connectivity index (χ1v) is 20.8. The van der Waals surface area contributed by atoms with Crippen LogP contribution in [-0.4, -0.2) is 11.0 Å². The third-order valence-electron chi connectivity index (χ3n) is 12.6. The van der Waals surface area contributed by atoms with E-state index in [1.165, 1.54) is 70.9 Å². The van der Waals surface area contributed by atoms with Crippen LogP contribution in [0, 0.1) is 0 Å². The number of allylic oxidation sites excluding steroid dienone is 2. The molecule has 1 fully saturated rings. The van der Waals surface area contributed by atoms with Crippen molar-refractivity contribution >= 4 is 43.6 Å². The second-order valence-electron chi connectivity index (χ2n) is 16.1. The molecule has 0 amide bonds. The average Bonchev–Trinajstić information content (AvgIpc) is 3.33. The third kappa shape index (κ3) is 5.94. The number of fused-ring (bicyclic) bond motifs is 2. The number of rotatable bonds is 6. The molecule has 60 heavy (non-hydrogen) atoms. The van der Waals surface area contributed by atoms with Crippen molar-refractivity contribution in [1.82, 2.24) is 26.3 Å². The van der Waals surface area contributed by atoms with Crippen molar-refractivity contribution in [2.75, 3.05) is 0 Å². The predicted octanol–water partition coefficient (Wildman–Crippen LogP) is 9.90. The molecule has 8 aromatic carbocycles. The molecule has 3 atom stereocenters. The number of pyridine rings is 1. The summed E-state index contributed by atoms with van der Waals surface area (Å²) in [4.78, 5) is 4.54. The van der Waals surface area contributed by atoms with Crippen LogP contribution in [0.3, 0.4) is 0 Å². The standard InChI is InChI=1S/C55H41N5/c1-3-11-38(12-4-1)53-58-54(39-13-5-2-6-14-39)60-55(59-53)43-30-41(29-42(31-43)47-32-40-17-9-15-35-23-24-36-16-10-19-46(47)51(36)50(35)40)34-21-25-37(26-22-34)52-48-33-56-28-27-44(48)45-18-7-8-20-49(45)57-52/h1-33,49,53-55,57-60H. The minimum absolute atomic E-state index is 0.0779. The smallest absolute Gasteiger partial charge is 0.0865 e. The summed E-state index contributed by atoms with van der Waals surface area (Å²) >= 11 is 0. The second kappa shape index (κ2) is 14.3. The summed E-state index contributed by atoms with van der Waals surface area (Å²) in [6, 6.07) is 60.1. The zero-order chi connectivity index (χ0) is 39.6. The Labute approximate surface area is 348 Å². The van der Waals surface area contributed by atoms with Crippen LogP contribution in [0.15, 0.2) is 200 Å². The molecule has 3 heterocycles. The SMILES string of the molecule is C1=CC2=c3ccncc3=C(c3ccc(-c4cc(-c5cc6cccc7ccc8cccc5c8c76)cc(C5NC(c6ccccc6)NC(c6ccccc6)N5)c4)cc3)NC2C=C1. The number of hydrogen-bond donors (Lipinski definition) is 4. The Morgan fingerprint density at radius 1 is 0.450 bits per heavy atom. The van der Waals surface area contributed by atoms with Gasteiger partial charge in [-0.05, 0) is 118 Å². The third-order valence-corrected chi connectivity index (χ3v) is 12.6. The first kappa shape index (κ1) is 34.9. The van der Waals surface area contributed by atoms with Crippen LogP contribution in [0.5, 0.6) is 0 Å². The first-order valence-electron chi connectivity index (χ1n) is 20.8. The lowest BCUT2D eigenvalue weighted by Gasteiger charge is -2.40. The maximum atomic E-state index is 4.54. The molecule has 1 aliphatic carbocycles. The number of nitrogens with zero attached hydrogens (tertiary/aromatic N) is 1. The van der Waals surface area contributed by atoms with Crippen LogP contribution in [-0.2, 0) is 0 Å². The Bertz CT molecular complexity index is 3230. The largest absolute Gasteiger partial charge is 0.374 e. The molecule has 12 rings (SSSR count). The Hall–Kier alpha value is -7.15. The fourth-order valence-corrected chi connectivity index (χ4v) is 9.73. The maximum absolute atomic E-state index is 4.54. The Morgan fingerprint density at radius 2 is 1.10 bits per heavy atom. The van der Waals surface area contributed by atoms with Crippen LogP contribution in [0.2, 0.25) is 0 Å². The summed E-state index contributed by atoms with van der Waals surface area (Å²) in [6.07, 6.45) is 12.2. The van der Waals surface area contributed by atoms with E-state index in [0.717, 1.165) is 27.6 Å². The van der Waals surface area contributed by atoms with E-state index in [4.69, 9.17) is 0 Å². The van der Waals surface area contributed by atoms with Gasteiger partial charge in [-0.15, -0.1) is 0 Å². The normalized spacial score (nSPS) is 19.7. The van der Waals surface area contributed by atoms with Crippen molar-refractivity contribution in [3.8, 4) is 22.3 Å². The quantitative estimate of drug-likeness (QED) is 0.127. The van der Waals surface area contributed by atoms with Gasteiger partial charge in [-0.3, -0.25) is 20.9 Å². The summed E-state index contributed by atoms with van der Waals surface area (Å²) in [5.74, 6) is 0. The van der Waals surface area contributed by atoms with Crippen LogP contribution in [0.4, 0.5) is 0 Å². The molecule has 0 radical (unpaired) electrons. The highest BCUT2D eigenvalue weighted by Gasteiger charge is 2.30. The van der Waals surface area contributed by atoms with E-state index in [1.807, 2.05) is 12.4 Å². The first-order chi connectivity index (χ1) is 29.7. The van der Waals surface area contributed by atoms with E-state index < -0.39 is 0 Å². The van der Waals surface area contributed by atoms with Gasteiger partial charge in [-0.2, -0.15) is 0 Å². The van der Waals surface area contributed by atoms with E-state index >= 15 is 0 Å². The van der Waals surface area contributed by atoms with E-state index in [2.05, 4.69) is 214 Å². The van der Waals surface area contributed by atoms with Crippen molar-refractivity contribution in [2.45, 2.75) is 24.5 Å². The van der Waals surface area contributed by atoms with Gasteiger partial charge >= 0.3 is 0 Å². The molecule has 3 aliphatic rings. The molecule has 1 saturated heterocycles. The Kier molecular flexibility index (Phi) is 8.30. The fraction of sp³-hybridized carbons (Fsp3) is 0.0727. The lowest BCUT2D eigenvalue weighted by atomic mass is 9.87. The molecule has 1 aromatic heterocycles. The average molecular weight is 772 g/mol. The molecule has 4 N–H and O–H groups in total. The summed E-state index contributed by atoms with van der Waals surface area (Å²) in [7, 11) is 0. The molecule has 3 unspecified atom stereocenters. The van der Waals surface area contributed by atoms with Gasteiger partial charge < -0.3 is 5.32 Å². The lowest BCUT2D eigenvalue weighted by molar-refractivity contribution is 0.203. The second-order valence-corrected chi connectivity index (χ2v) is 16.1. The highest BCUT2D eigenvalue weighted by Crippen LogP contribution is 2.42. The minimum atomic E-state index is -0.163. The molecule has 5 nitrogen and oxygen atoms in total. The van der Waals surface area contributed by atoms with Crippen molar-refractivity contribution in [2.24, 2.45) is 0 Å². The van der Waals surface area contributed by atoms with Gasteiger partial charge in [0.25, 0.3) is 0 Å². The van der Waals surface area contributed by atoms with Gasteiger partial charge in [0.15, 0.2) is 0 Å². The lowest BCUT2D eigenvalue weighted by Crippen LogP contribution is -2.54.